The van der Waals surface area contributed by atoms with Crippen molar-refractivity contribution in [2.75, 3.05) is 25.4 Å². The van der Waals surface area contributed by atoms with E-state index in [-0.39, 0.29) is 6.03 Å². The summed E-state index contributed by atoms with van der Waals surface area (Å²) in [5, 5.41) is 4.93. The van der Waals surface area contributed by atoms with Crippen molar-refractivity contribution in [3.05, 3.63) is 36.0 Å². The lowest BCUT2D eigenvalue weighted by Crippen LogP contribution is -2.41. The van der Waals surface area contributed by atoms with Gasteiger partial charge in [0.1, 0.15) is 0 Å². The number of amides is 2. The molecule has 2 amide bonds. The number of hydrogen-bond donors (Lipinski definition) is 2. The first kappa shape index (κ1) is 15.3. The van der Waals surface area contributed by atoms with Crippen molar-refractivity contribution in [1.29, 1.82) is 0 Å². The van der Waals surface area contributed by atoms with Crippen molar-refractivity contribution >= 4 is 28.7 Å². The maximum atomic E-state index is 12.2. The van der Waals surface area contributed by atoms with Crippen molar-refractivity contribution in [3.8, 4) is 0 Å². The number of urea groups is 1. The molecule has 118 valence electrons. The van der Waals surface area contributed by atoms with Gasteiger partial charge in [-0.2, -0.15) is 11.8 Å². The van der Waals surface area contributed by atoms with Crippen LogP contribution < -0.4 is 5.32 Å². The van der Waals surface area contributed by atoms with Crippen molar-refractivity contribution in [2.24, 2.45) is 0 Å². The molecule has 0 aliphatic carbocycles. The van der Waals surface area contributed by atoms with Crippen molar-refractivity contribution in [3.63, 3.8) is 0 Å². The van der Waals surface area contributed by atoms with E-state index in [0.717, 1.165) is 37.2 Å². The molecule has 1 aliphatic heterocycles. The third-order valence-electron chi connectivity index (χ3n) is 4.11. The number of aromatic nitrogens is 1. The van der Waals surface area contributed by atoms with Crippen LogP contribution in [0.2, 0.25) is 0 Å². The minimum atomic E-state index is 0.0748. The average molecular weight is 317 g/mol. The smallest absolute Gasteiger partial charge is 0.317 e. The molecular weight excluding hydrogens is 294 g/mol. The molecular formula is C17H23N3OS. The van der Waals surface area contributed by atoms with E-state index in [2.05, 4.69) is 35.4 Å². The summed E-state index contributed by atoms with van der Waals surface area (Å²) in [6.45, 7) is 4.63. The van der Waals surface area contributed by atoms with Crippen molar-refractivity contribution in [2.45, 2.75) is 25.0 Å². The summed E-state index contributed by atoms with van der Waals surface area (Å²) in [6, 6.07) is 10.5. The molecule has 0 unspecified atom stereocenters. The van der Waals surface area contributed by atoms with Crippen LogP contribution in [0.15, 0.2) is 30.3 Å². The number of aromatic amines is 1. The summed E-state index contributed by atoms with van der Waals surface area (Å²) in [6.07, 6.45) is 1.92. The summed E-state index contributed by atoms with van der Waals surface area (Å²) in [4.78, 5) is 17.6. The Bertz CT molecular complexity index is 607. The first-order valence-corrected chi connectivity index (χ1v) is 8.98. The molecule has 0 saturated carbocycles. The van der Waals surface area contributed by atoms with Gasteiger partial charge < -0.3 is 15.2 Å². The molecule has 1 saturated heterocycles. The Morgan fingerprint density at radius 1 is 1.41 bits per heavy atom. The zero-order valence-electron chi connectivity index (χ0n) is 13.0. The van der Waals surface area contributed by atoms with Gasteiger partial charge in [-0.05, 0) is 23.9 Å². The first-order valence-electron chi connectivity index (χ1n) is 7.93. The Labute approximate surface area is 135 Å². The number of H-pyrrole nitrogens is 1. The number of nitrogens with one attached hydrogen (secondary N) is 2. The lowest BCUT2D eigenvalue weighted by atomic mass is 10.2. The molecule has 1 aromatic heterocycles. The number of carbonyl (C=O) groups is 1. The third kappa shape index (κ3) is 3.77. The van der Waals surface area contributed by atoms with Gasteiger partial charge in [-0.1, -0.05) is 25.1 Å². The molecule has 22 heavy (non-hydrogen) atoms. The minimum absolute atomic E-state index is 0.0748. The zero-order valence-corrected chi connectivity index (χ0v) is 13.8. The highest BCUT2D eigenvalue weighted by Gasteiger charge is 2.18. The fourth-order valence-corrected chi connectivity index (χ4v) is 3.78. The van der Waals surface area contributed by atoms with Gasteiger partial charge in [0.25, 0.3) is 0 Å². The summed E-state index contributed by atoms with van der Waals surface area (Å²) in [5.74, 6) is 1.04. The fourth-order valence-electron chi connectivity index (χ4n) is 2.78. The molecule has 1 atom stereocenters. The van der Waals surface area contributed by atoms with Crippen LogP contribution >= 0.6 is 11.8 Å². The number of nitrogens with zero attached hydrogens (tertiary/aromatic N) is 1. The lowest BCUT2D eigenvalue weighted by Gasteiger charge is -2.20. The van der Waals surface area contributed by atoms with E-state index in [1.807, 2.05) is 28.8 Å². The Balaban J connectivity index is 1.48. The van der Waals surface area contributed by atoms with Gasteiger partial charge in [0.2, 0.25) is 0 Å². The number of benzene rings is 1. The van der Waals surface area contributed by atoms with Gasteiger partial charge in [0.05, 0.1) is 0 Å². The van der Waals surface area contributed by atoms with Crippen LogP contribution in [0.1, 0.15) is 19.0 Å². The molecule has 3 rings (SSSR count). The molecule has 0 bridgehead atoms. The Kier molecular flexibility index (Phi) is 4.93. The number of hydrogen-bond acceptors (Lipinski definition) is 2. The van der Waals surface area contributed by atoms with Crippen LogP contribution in [-0.4, -0.2) is 46.6 Å². The Hall–Kier alpha value is -1.62. The third-order valence-corrected chi connectivity index (χ3v) is 5.34. The van der Waals surface area contributed by atoms with Crippen LogP contribution in [0.5, 0.6) is 0 Å². The topological polar surface area (TPSA) is 48.1 Å². The van der Waals surface area contributed by atoms with E-state index in [1.54, 1.807) is 0 Å². The van der Waals surface area contributed by atoms with Gasteiger partial charge in [-0.3, -0.25) is 0 Å². The van der Waals surface area contributed by atoms with Crippen molar-refractivity contribution < 1.29 is 4.79 Å². The van der Waals surface area contributed by atoms with Crippen LogP contribution in [-0.2, 0) is 6.42 Å². The first-order chi connectivity index (χ1) is 10.7. The summed E-state index contributed by atoms with van der Waals surface area (Å²) in [7, 11) is 0. The molecule has 2 heterocycles. The molecule has 2 N–H and O–H groups in total. The summed E-state index contributed by atoms with van der Waals surface area (Å²) < 4.78 is 0. The van der Waals surface area contributed by atoms with Crippen LogP contribution in [0, 0.1) is 0 Å². The predicted octanol–water partition coefficient (Wildman–Crippen LogP) is 3.25. The minimum Gasteiger partial charge on any atom is -0.358 e. The van der Waals surface area contributed by atoms with E-state index in [9.17, 15) is 4.79 Å². The SMILES string of the molecule is C[C@H]1CCN(C(=O)NCCc2cc3ccccc3[nH]2)CCS1. The second-order valence-corrected chi connectivity index (χ2v) is 7.37. The normalized spacial score (nSPS) is 19.1. The maximum Gasteiger partial charge on any atom is 0.317 e. The van der Waals surface area contributed by atoms with Crippen LogP contribution in [0.4, 0.5) is 4.79 Å². The second kappa shape index (κ2) is 7.09. The molecule has 1 aromatic carbocycles. The average Bonchev–Trinajstić information content (AvgIpc) is 2.80. The largest absolute Gasteiger partial charge is 0.358 e. The fraction of sp³-hybridized carbons (Fsp3) is 0.471. The highest BCUT2D eigenvalue weighted by atomic mass is 32.2. The molecule has 1 aliphatic rings. The van der Waals surface area contributed by atoms with Gasteiger partial charge in [-0.15, -0.1) is 0 Å². The Morgan fingerprint density at radius 3 is 3.14 bits per heavy atom. The summed E-state index contributed by atoms with van der Waals surface area (Å²) >= 11 is 1.96. The standard InChI is InChI=1S/C17H23N3OS/c1-13-7-9-20(10-11-22-13)17(21)18-8-6-15-12-14-4-2-3-5-16(14)19-15/h2-5,12-13,19H,6-11H2,1H3,(H,18,21)/t13-/m0/s1. The number of thioether (sulfide) groups is 1. The number of rotatable bonds is 3. The number of fused-ring (bicyclic) bond motifs is 1. The highest BCUT2D eigenvalue weighted by molar-refractivity contribution is 7.99. The molecule has 0 radical (unpaired) electrons. The highest BCUT2D eigenvalue weighted by Crippen LogP contribution is 2.18. The van der Waals surface area contributed by atoms with Crippen molar-refractivity contribution in [1.82, 2.24) is 15.2 Å². The molecule has 2 aromatic rings. The van der Waals surface area contributed by atoms with E-state index < -0.39 is 0 Å². The van der Waals surface area contributed by atoms with E-state index in [1.165, 1.54) is 11.1 Å². The molecule has 1 fully saturated rings. The maximum absolute atomic E-state index is 12.2. The number of para-hydroxylation sites is 1. The van der Waals surface area contributed by atoms with Crippen LogP contribution in [0.3, 0.4) is 0 Å². The zero-order chi connectivity index (χ0) is 15.4. The van der Waals surface area contributed by atoms with E-state index in [4.69, 9.17) is 0 Å². The predicted molar refractivity (Wildman–Crippen MR) is 93.5 cm³/mol. The van der Waals surface area contributed by atoms with Gasteiger partial charge in [0, 0.05) is 48.3 Å². The van der Waals surface area contributed by atoms with Gasteiger partial charge in [0.15, 0.2) is 0 Å². The Morgan fingerprint density at radius 2 is 2.27 bits per heavy atom. The molecule has 4 nitrogen and oxygen atoms in total. The van der Waals surface area contributed by atoms with Gasteiger partial charge in [-0.25, -0.2) is 4.79 Å². The second-order valence-electron chi connectivity index (χ2n) is 5.82. The van der Waals surface area contributed by atoms with E-state index in [0.29, 0.717) is 11.8 Å². The summed E-state index contributed by atoms with van der Waals surface area (Å²) in [5.41, 5.74) is 2.32. The monoisotopic (exact) mass is 317 g/mol. The van der Waals surface area contributed by atoms with Crippen LogP contribution in [0.25, 0.3) is 10.9 Å². The lowest BCUT2D eigenvalue weighted by molar-refractivity contribution is 0.201. The van der Waals surface area contributed by atoms with Gasteiger partial charge >= 0.3 is 6.03 Å². The molecule has 0 spiro atoms. The number of carbonyl (C=O) groups excluding carboxylic acids is 1. The molecule has 5 heteroatoms. The van der Waals surface area contributed by atoms with E-state index >= 15 is 0 Å². The quantitative estimate of drug-likeness (QED) is 0.913.